The minimum absolute atomic E-state index is 0.204. The molecule has 0 spiro atoms. The summed E-state index contributed by atoms with van der Waals surface area (Å²) in [5.41, 5.74) is 0. The highest BCUT2D eigenvalue weighted by Crippen LogP contribution is 2.01. The molecule has 0 atom stereocenters. The third kappa shape index (κ3) is 2.43. The van der Waals surface area contributed by atoms with E-state index in [9.17, 15) is 9.90 Å². The predicted molar refractivity (Wildman–Crippen MR) is 29.5 cm³/mol. The number of carbonyl (C=O) groups excluding carboxylic acids is 1. The summed E-state index contributed by atoms with van der Waals surface area (Å²) in [6.07, 6.45) is -0.242. The van der Waals surface area contributed by atoms with Gasteiger partial charge in [0.15, 0.2) is 6.09 Å². The molecule has 0 aliphatic rings. The van der Waals surface area contributed by atoms with Crippen LogP contribution < -0.4 is 9.94 Å². The van der Waals surface area contributed by atoms with E-state index >= 15 is 0 Å². The van der Waals surface area contributed by atoms with Gasteiger partial charge in [0.1, 0.15) is 0 Å². The number of carbonyl (C=O) groups is 1. The van der Waals surface area contributed by atoms with Gasteiger partial charge in [-0.2, -0.15) is 5.10 Å². The zero-order chi connectivity index (χ0) is 8.10. The number of aromatic nitrogens is 2. The summed E-state index contributed by atoms with van der Waals surface area (Å²) in [6, 6.07) is 1.45. The van der Waals surface area contributed by atoms with E-state index in [0.29, 0.717) is 0 Å². The largest absolute Gasteiger partial charge is 0.527 e. The third-order valence-electron chi connectivity index (χ3n) is 0.737. The molecule has 1 aromatic heterocycles. The van der Waals surface area contributed by atoms with Crippen LogP contribution in [0.15, 0.2) is 22.7 Å². The zero-order valence-corrected chi connectivity index (χ0v) is 5.22. The zero-order valence-electron chi connectivity index (χ0n) is 5.22. The van der Waals surface area contributed by atoms with Gasteiger partial charge in [-0.25, -0.2) is 5.10 Å². The second kappa shape index (κ2) is 3.30. The Morgan fingerprint density at radius 1 is 1.82 bits per heavy atom. The molecule has 1 N–H and O–H groups in total. The number of amides is 1. The number of H-pyrrole nitrogens is 1. The van der Waals surface area contributed by atoms with Crippen molar-refractivity contribution in [1.29, 1.82) is 0 Å². The molecule has 1 heterocycles. The van der Waals surface area contributed by atoms with Crippen LogP contribution in [0.2, 0.25) is 0 Å². The maximum atomic E-state index is 9.65. The molecule has 0 unspecified atom stereocenters. The Hall–Kier alpha value is -1.92. The fourth-order valence-corrected chi connectivity index (χ4v) is 0.392. The van der Waals surface area contributed by atoms with Gasteiger partial charge in [-0.15, -0.1) is 0 Å². The lowest BCUT2D eigenvalue weighted by Gasteiger charge is -1.89. The molecular formula is C4H3N4O3-. The summed E-state index contributed by atoms with van der Waals surface area (Å²) in [5, 5.41) is 20.9. The fourth-order valence-electron chi connectivity index (χ4n) is 0.392. The van der Waals surface area contributed by atoms with Gasteiger partial charge in [0, 0.05) is 11.3 Å². The standard InChI is InChI=1S/C4H4N4O3/c9-4(10)7-8-11-3-1-2-5-6-3/h1-2H,(H,5,6)(H,9,10)/p-1/b8-7+. The van der Waals surface area contributed by atoms with Crippen molar-refractivity contribution in [1.82, 2.24) is 10.2 Å². The first-order chi connectivity index (χ1) is 5.29. The smallest absolute Gasteiger partial charge is 0.246 e. The predicted octanol–water partition coefficient (Wildman–Crippen LogP) is -0.501. The van der Waals surface area contributed by atoms with Crippen LogP contribution in [0.3, 0.4) is 0 Å². The first kappa shape index (κ1) is 7.19. The van der Waals surface area contributed by atoms with Gasteiger partial charge in [-0.3, -0.25) is 0 Å². The van der Waals surface area contributed by atoms with Gasteiger partial charge in [0.05, 0.1) is 6.20 Å². The third-order valence-corrected chi connectivity index (χ3v) is 0.737. The molecule has 11 heavy (non-hydrogen) atoms. The first-order valence-electron chi connectivity index (χ1n) is 2.57. The Morgan fingerprint density at radius 3 is 3.18 bits per heavy atom. The van der Waals surface area contributed by atoms with Gasteiger partial charge in [0.2, 0.25) is 5.88 Å². The number of carboxylic acid groups (broad SMARTS) is 1. The lowest BCUT2D eigenvalue weighted by molar-refractivity contribution is -0.246. The second-order valence-electron chi connectivity index (χ2n) is 1.46. The molecular weight excluding hydrogens is 152 g/mol. The van der Waals surface area contributed by atoms with Crippen molar-refractivity contribution in [2.45, 2.75) is 0 Å². The molecule has 7 nitrogen and oxygen atoms in total. The van der Waals surface area contributed by atoms with Crippen LogP contribution in [0.25, 0.3) is 0 Å². The molecule has 58 valence electrons. The average Bonchev–Trinajstić information content (AvgIpc) is 2.39. The summed E-state index contributed by atoms with van der Waals surface area (Å²) in [7, 11) is 0. The molecule has 0 radical (unpaired) electrons. The Labute approximate surface area is 60.7 Å². The quantitative estimate of drug-likeness (QED) is 0.459. The molecule has 1 rings (SSSR count). The fraction of sp³-hybridized carbons (Fsp3) is 0. The van der Waals surface area contributed by atoms with Crippen LogP contribution in [0.4, 0.5) is 4.79 Å². The van der Waals surface area contributed by atoms with Gasteiger partial charge in [0.25, 0.3) is 0 Å². The summed E-state index contributed by atoms with van der Waals surface area (Å²) in [6.45, 7) is 0. The summed E-state index contributed by atoms with van der Waals surface area (Å²) in [4.78, 5) is 14.0. The van der Waals surface area contributed by atoms with E-state index in [-0.39, 0.29) is 5.88 Å². The maximum Gasteiger partial charge on any atom is 0.246 e. The maximum absolute atomic E-state index is 9.65. The van der Waals surface area contributed by atoms with Crippen molar-refractivity contribution < 1.29 is 14.7 Å². The number of aromatic amines is 1. The number of hydrogen-bond donors (Lipinski definition) is 1. The van der Waals surface area contributed by atoms with E-state index in [1.165, 1.54) is 12.3 Å². The van der Waals surface area contributed by atoms with E-state index in [1.54, 1.807) is 0 Å². The second-order valence-corrected chi connectivity index (χ2v) is 1.46. The molecule has 0 aromatic carbocycles. The number of nitrogens with one attached hydrogen (secondary N) is 1. The molecule has 1 aromatic rings. The molecule has 7 heteroatoms. The highest BCUT2D eigenvalue weighted by Gasteiger charge is 1.89. The molecule has 0 aliphatic carbocycles. The lowest BCUT2D eigenvalue weighted by atomic mass is 10.7. The van der Waals surface area contributed by atoms with Crippen LogP contribution in [0.1, 0.15) is 0 Å². The number of nitrogens with zero attached hydrogens (tertiary/aromatic N) is 3. The molecule has 0 aliphatic heterocycles. The van der Waals surface area contributed by atoms with Crippen molar-refractivity contribution >= 4 is 6.09 Å². The van der Waals surface area contributed by atoms with Crippen LogP contribution in [-0.4, -0.2) is 16.3 Å². The van der Waals surface area contributed by atoms with Gasteiger partial charge < -0.3 is 14.7 Å². The topological polar surface area (TPSA) is 103 Å². The van der Waals surface area contributed by atoms with Crippen LogP contribution in [-0.2, 0) is 0 Å². The number of rotatable bonds is 2. The summed E-state index contributed by atoms with van der Waals surface area (Å²) in [5.74, 6) is 0.204. The molecule has 0 saturated carbocycles. The Balaban J connectivity index is 2.40. The normalized spacial score (nSPS) is 10.2. The highest BCUT2D eigenvalue weighted by molar-refractivity contribution is 5.61. The van der Waals surface area contributed by atoms with E-state index in [0.717, 1.165) is 0 Å². The number of hydrogen-bond acceptors (Lipinski definition) is 5. The van der Waals surface area contributed by atoms with E-state index in [2.05, 4.69) is 25.4 Å². The van der Waals surface area contributed by atoms with Crippen LogP contribution in [0, 0.1) is 0 Å². The SMILES string of the molecule is O=C([O-])/N=N/Oc1ccn[nH]1. The van der Waals surface area contributed by atoms with Crippen molar-refractivity contribution in [3.05, 3.63) is 12.3 Å². The first-order valence-corrected chi connectivity index (χ1v) is 2.57. The van der Waals surface area contributed by atoms with E-state index in [4.69, 9.17) is 0 Å². The van der Waals surface area contributed by atoms with E-state index < -0.39 is 6.09 Å². The molecule has 0 bridgehead atoms. The lowest BCUT2D eigenvalue weighted by Crippen LogP contribution is -2.16. The average molecular weight is 155 g/mol. The van der Waals surface area contributed by atoms with E-state index in [1.807, 2.05) is 0 Å². The Bertz CT molecular complexity index is 254. The minimum atomic E-state index is -1.66. The minimum Gasteiger partial charge on any atom is -0.527 e. The molecule has 1 amide bonds. The van der Waals surface area contributed by atoms with Crippen molar-refractivity contribution in [3.8, 4) is 5.88 Å². The van der Waals surface area contributed by atoms with Gasteiger partial charge in [-0.1, -0.05) is 5.11 Å². The van der Waals surface area contributed by atoms with Crippen molar-refractivity contribution in [2.24, 2.45) is 10.4 Å². The summed E-state index contributed by atoms with van der Waals surface area (Å²) >= 11 is 0. The molecule has 0 fully saturated rings. The van der Waals surface area contributed by atoms with Crippen molar-refractivity contribution in [3.63, 3.8) is 0 Å². The summed E-state index contributed by atoms with van der Waals surface area (Å²) < 4.78 is 0. The Morgan fingerprint density at radius 2 is 2.64 bits per heavy atom. The van der Waals surface area contributed by atoms with Crippen LogP contribution in [0.5, 0.6) is 5.88 Å². The molecule has 0 saturated heterocycles. The Kier molecular flexibility index (Phi) is 2.16. The van der Waals surface area contributed by atoms with Gasteiger partial charge in [-0.05, 0) is 0 Å². The highest BCUT2D eigenvalue weighted by atomic mass is 16.7. The monoisotopic (exact) mass is 155 g/mol. The van der Waals surface area contributed by atoms with Gasteiger partial charge >= 0.3 is 0 Å². The van der Waals surface area contributed by atoms with Crippen LogP contribution >= 0.6 is 0 Å². The van der Waals surface area contributed by atoms with Crippen molar-refractivity contribution in [2.75, 3.05) is 0 Å².